The quantitative estimate of drug-likeness (QED) is 0.695. The molecule has 2 heterocycles. The van der Waals surface area contributed by atoms with Gasteiger partial charge in [0.1, 0.15) is 0 Å². The van der Waals surface area contributed by atoms with Gasteiger partial charge in [0.2, 0.25) is 21.8 Å². The zero-order chi connectivity index (χ0) is 22.2. The Morgan fingerprint density at radius 3 is 2.65 bits per heavy atom. The number of sulfonamides is 1. The van der Waals surface area contributed by atoms with Crippen molar-refractivity contribution in [2.24, 2.45) is 5.92 Å². The van der Waals surface area contributed by atoms with Gasteiger partial charge in [0.15, 0.2) is 0 Å². The fourth-order valence-corrected chi connectivity index (χ4v) is 6.28. The van der Waals surface area contributed by atoms with Crippen molar-refractivity contribution in [1.82, 2.24) is 4.31 Å². The van der Waals surface area contributed by atoms with E-state index in [2.05, 4.69) is 10.6 Å². The van der Waals surface area contributed by atoms with Gasteiger partial charge in [-0.2, -0.15) is 4.31 Å². The van der Waals surface area contributed by atoms with Crippen LogP contribution >= 0.6 is 23.4 Å². The summed E-state index contributed by atoms with van der Waals surface area (Å²) in [6.07, 6.45) is 0.862. The number of hydrogen-bond donors (Lipinski definition) is 2. The molecule has 1 atom stereocenters. The van der Waals surface area contributed by atoms with Crippen molar-refractivity contribution in [1.29, 1.82) is 0 Å². The molecule has 4 rings (SSSR count). The number of rotatable bonds is 4. The first-order valence-corrected chi connectivity index (χ1v) is 12.6. The van der Waals surface area contributed by atoms with Crippen LogP contribution in [0.1, 0.15) is 19.8 Å². The SMILES string of the molecule is CC1Sc2ccc(S(=O)(=O)N3CCC(C(=O)Nc4cccc(Cl)c4)CC3)cc2NC1=O. The number of thioether (sulfide) groups is 1. The van der Waals surface area contributed by atoms with E-state index in [1.54, 1.807) is 43.3 Å². The Hall–Kier alpha value is -2.07. The molecule has 1 fully saturated rings. The third-order valence-electron chi connectivity index (χ3n) is 5.44. The van der Waals surface area contributed by atoms with Gasteiger partial charge in [-0.1, -0.05) is 17.7 Å². The molecule has 0 bridgehead atoms. The maximum absolute atomic E-state index is 13.1. The summed E-state index contributed by atoms with van der Waals surface area (Å²) in [4.78, 5) is 25.5. The zero-order valence-corrected chi connectivity index (χ0v) is 19.2. The maximum atomic E-state index is 13.1. The van der Waals surface area contributed by atoms with Crippen LogP contribution in [0.3, 0.4) is 0 Å². The van der Waals surface area contributed by atoms with E-state index in [1.807, 2.05) is 0 Å². The van der Waals surface area contributed by atoms with Gasteiger partial charge in [-0.15, -0.1) is 11.8 Å². The highest BCUT2D eigenvalue weighted by atomic mass is 35.5. The fraction of sp³-hybridized carbons (Fsp3) is 0.333. The van der Waals surface area contributed by atoms with Crippen LogP contribution in [0, 0.1) is 5.92 Å². The van der Waals surface area contributed by atoms with Crippen molar-refractivity contribution < 1.29 is 18.0 Å². The zero-order valence-electron chi connectivity index (χ0n) is 16.8. The lowest BCUT2D eigenvalue weighted by molar-refractivity contribution is -0.121. The number of fused-ring (bicyclic) bond motifs is 1. The molecular formula is C21H22ClN3O4S2. The minimum Gasteiger partial charge on any atom is -0.326 e. The molecule has 164 valence electrons. The first-order valence-electron chi connectivity index (χ1n) is 9.92. The van der Waals surface area contributed by atoms with Gasteiger partial charge in [-0.25, -0.2) is 8.42 Å². The topological polar surface area (TPSA) is 95.6 Å². The average molecular weight is 480 g/mol. The molecule has 2 aromatic carbocycles. The minimum atomic E-state index is -3.72. The third kappa shape index (κ3) is 4.74. The maximum Gasteiger partial charge on any atom is 0.243 e. The van der Waals surface area contributed by atoms with Crippen molar-refractivity contribution in [2.75, 3.05) is 23.7 Å². The van der Waals surface area contributed by atoms with E-state index in [1.165, 1.54) is 22.1 Å². The fourth-order valence-electron chi connectivity index (χ4n) is 3.67. The van der Waals surface area contributed by atoms with Crippen molar-refractivity contribution in [3.05, 3.63) is 47.5 Å². The smallest absolute Gasteiger partial charge is 0.243 e. The van der Waals surface area contributed by atoms with Crippen LogP contribution in [0.2, 0.25) is 5.02 Å². The molecule has 31 heavy (non-hydrogen) atoms. The highest BCUT2D eigenvalue weighted by Gasteiger charge is 2.33. The average Bonchev–Trinajstić information content (AvgIpc) is 2.74. The van der Waals surface area contributed by atoms with Crippen molar-refractivity contribution >= 4 is 56.6 Å². The largest absolute Gasteiger partial charge is 0.326 e. The lowest BCUT2D eigenvalue weighted by atomic mass is 9.97. The predicted octanol–water partition coefficient (Wildman–Crippen LogP) is 3.81. The summed E-state index contributed by atoms with van der Waals surface area (Å²) in [5.41, 5.74) is 1.14. The summed E-state index contributed by atoms with van der Waals surface area (Å²) in [7, 11) is -3.72. The number of nitrogens with zero attached hydrogens (tertiary/aromatic N) is 1. The van der Waals surface area contributed by atoms with Gasteiger partial charge in [0, 0.05) is 34.6 Å². The molecule has 10 heteroatoms. The molecule has 0 spiro atoms. The van der Waals surface area contributed by atoms with Gasteiger partial charge in [-0.05, 0) is 56.2 Å². The van der Waals surface area contributed by atoms with Gasteiger partial charge in [0.05, 0.1) is 15.8 Å². The number of halogens is 1. The van der Waals surface area contributed by atoms with E-state index in [0.717, 1.165) is 4.90 Å². The normalized spacial score (nSPS) is 20.1. The molecule has 2 amide bonds. The van der Waals surface area contributed by atoms with Crippen LogP contribution in [0.25, 0.3) is 0 Å². The van der Waals surface area contributed by atoms with E-state index < -0.39 is 10.0 Å². The minimum absolute atomic E-state index is 0.137. The van der Waals surface area contributed by atoms with E-state index in [4.69, 9.17) is 11.6 Å². The van der Waals surface area contributed by atoms with Crippen molar-refractivity contribution in [2.45, 2.75) is 34.8 Å². The lowest BCUT2D eigenvalue weighted by Crippen LogP contribution is -2.41. The Balaban J connectivity index is 1.42. The van der Waals surface area contributed by atoms with Gasteiger partial charge < -0.3 is 10.6 Å². The molecule has 1 unspecified atom stereocenters. The number of nitrogens with one attached hydrogen (secondary N) is 2. The first kappa shape index (κ1) is 22.1. The van der Waals surface area contributed by atoms with Crippen LogP contribution in [0.4, 0.5) is 11.4 Å². The first-order chi connectivity index (χ1) is 14.7. The molecule has 7 nitrogen and oxygen atoms in total. The molecule has 2 aliphatic heterocycles. The Bertz CT molecular complexity index is 1130. The summed E-state index contributed by atoms with van der Waals surface area (Å²) in [5.74, 6) is -0.549. The molecule has 2 aliphatic rings. The monoisotopic (exact) mass is 479 g/mol. The third-order valence-corrected chi connectivity index (χ3v) is 8.74. The van der Waals surface area contributed by atoms with Crippen LogP contribution in [0.5, 0.6) is 0 Å². The molecule has 0 saturated carbocycles. The Kier molecular flexibility index (Phi) is 6.30. The second-order valence-corrected chi connectivity index (χ2v) is 11.3. The van der Waals surface area contributed by atoms with Gasteiger partial charge in [-0.3, -0.25) is 9.59 Å². The van der Waals surface area contributed by atoms with Gasteiger partial charge in [0.25, 0.3) is 0 Å². The van der Waals surface area contributed by atoms with Gasteiger partial charge >= 0.3 is 0 Å². The van der Waals surface area contributed by atoms with Crippen LogP contribution in [0.15, 0.2) is 52.3 Å². The van der Waals surface area contributed by atoms with E-state index in [-0.39, 0.29) is 41.0 Å². The summed E-state index contributed by atoms with van der Waals surface area (Å²) < 4.78 is 27.6. The molecule has 1 saturated heterocycles. The lowest BCUT2D eigenvalue weighted by Gasteiger charge is -2.31. The summed E-state index contributed by atoms with van der Waals surface area (Å²) >= 11 is 7.36. The summed E-state index contributed by atoms with van der Waals surface area (Å²) in [5, 5.41) is 5.93. The van der Waals surface area contributed by atoms with Crippen LogP contribution in [-0.4, -0.2) is 42.9 Å². The Labute approximate surface area is 190 Å². The number of hydrogen-bond acceptors (Lipinski definition) is 5. The van der Waals surface area contributed by atoms with E-state index in [0.29, 0.717) is 29.2 Å². The number of amides is 2. The second-order valence-electron chi connectivity index (χ2n) is 7.59. The second kappa shape index (κ2) is 8.82. The highest BCUT2D eigenvalue weighted by molar-refractivity contribution is 8.01. The number of carbonyl (C=O) groups is 2. The van der Waals surface area contributed by atoms with Crippen molar-refractivity contribution in [3.63, 3.8) is 0 Å². The Morgan fingerprint density at radius 2 is 1.94 bits per heavy atom. The number of piperidine rings is 1. The van der Waals surface area contributed by atoms with Crippen molar-refractivity contribution in [3.8, 4) is 0 Å². The van der Waals surface area contributed by atoms with Crippen LogP contribution in [-0.2, 0) is 19.6 Å². The molecule has 0 aromatic heterocycles. The number of benzene rings is 2. The predicted molar refractivity (Wildman–Crippen MR) is 122 cm³/mol. The Morgan fingerprint density at radius 1 is 1.19 bits per heavy atom. The molecular weight excluding hydrogens is 458 g/mol. The molecule has 2 aromatic rings. The number of carbonyl (C=O) groups excluding carboxylic acids is 2. The standard InChI is InChI=1S/C21H22ClN3O4S2/c1-13-20(26)24-18-12-17(5-6-19(18)30-13)31(28,29)25-9-7-14(8-10-25)21(27)23-16-4-2-3-15(22)11-16/h2-6,11-14H,7-10H2,1H3,(H,23,27)(H,24,26). The summed E-state index contributed by atoms with van der Waals surface area (Å²) in [6, 6.07) is 11.7. The highest BCUT2D eigenvalue weighted by Crippen LogP contribution is 2.37. The molecule has 2 N–H and O–H groups in total. The van der Waals surface area contributed by atoms with Crippen LogP contribution < -0.4 is 10.6 Å². The summed E-state index contributed by atoms with van der Waals surface area (Å²) in [6.45, 7) is 2.32. The van der Waals surface area contributed by atoms with E-state index in [9.17, 15) is 18.0 Å². The van der Waals surface area contributed by atoms with E-state index >= 15 is 0 Å². The number of anilines is 2. The molecule has 0 radical (unpaired) electrons. The molecule has 0 aliphatic carbocycles.